The molecule has 7 rings (SSSR count). The minimum atomic E-state index is -3.81. The van der Waals surface area contributed by atoms with Crippen molar-refractivity contribution in [3.8, 4) is 17.2 Å². The van der Waals surface area contributed by atoms with Crippen molar-refractivity contribution in [1.82, 2.24) is 19.1 Å². The van der Waals surface area contributed by atoms with Crippen LogP contribution in [0.15, 0.2) is 101 Å². The largest absolute Gasteiger partial charge is 0.454 e. The van der Waals surface area contributed by atoms with Crippen molar-refractivity contribution in [3.05, 3.63) is 102 Å². The summed E-state index contributed by atoms with van der Waals surface area (Å²) in [5.74, 6) is 1.72. The van der Waals surface area contributed by atoms with Gasteiger partial charge in [0.1, 0.15) is 0 Å². The fourth-order valence-corrected chi connectivity index (χ4v) is 7.99. The van der Waals surface area contributed by atoms with E-state index in [-0.39, 0.29) is 23.2 Å². The van der Waals surface area contributed by atoms with E-state index in [0.29, 0.717) is 47.4 Å². The molecule has 0 bridgehead atoms. The van der Waals surface area contributed by atoms with Crippen molar-refractivity contribution < 1.29 is 22.7 Å². The number of carbonyl (C=O) groups is 1. The number of para-hydroxylation sites is 1. The topological polar surface area (TPSA) is 104 Å². The second-order valence-electron chi connectivity index (χ2n) is 10.1. The van der Waals surface area contributed by atoms with E-state index in [4.69, 9.17) is 9.47 Å². The zero-order valence-electron chi connectivity index (χ0n) is 22.4. The number of fused-ring (bicyclic) bond motifs is 2. The number of benzene rings is 4. The van der Waals surface area contributed by atoms with Gasteiger partial charge in [0, 0.05) is 17.8 Å². The molecule has 1 fully saturated rings. The van der Waals surface area contributed by atoms with Crippen LogP contribution in [0.4, 0.5) is 0 Å². The maximum Gasteiger partial charge on any atom is 0.243 e. The molecule has 9 nitrogen and oxygen atoms in total. The van der Waals surface area contributed by atoms with E-state index in [2.05, 4.69) is 10.2 Å². The summed E-state index contributed by atoms with van der Waals surface area (Å²) in [6.07, 6.45) is 1.31. The molecule has 0 radical (unpaired) electrons. The fraction of sp³-hybridized carbons (Fsp3) is 0.194. The second kappa shape index (κ2) is 10.9. The standard InChI is InChI=1S/C31H26N4O5S2/c36-27(23-13-15-28-29(18-23)40-20-39-28)19-41-31-33-32-30(35(31)24-9-2-1-3-10-24)26-11-6-16-34(26)42(37,38)25-14-12-21-7-4-5-8-22(21)17-25/h1-5,7-10,12-15,17-18,26H,6,11,16,19-20H2. The second-order valence-corrected chi connectivity index (χ2v) is 12.9. The molecule has 3 heterocycles. The average Bonchev–Trinajstić information content (AvgIpc) is 3.79. The summed E-state index contributed by atoms with van der Waals surface area (Å²) in [7, 11) is -3.81. The smallest absolute Gasteiger partial charge is 0.243 e. The molecule has 0 N–H and O–H groups in total. The average molecular weight is 599 g/mol. The van der Waals surface area contributed by atoms with Gasteiger partial charge in [0.2, 0.25) is 16.8 Å². The third-order valence-electron chi connectivity index (χ3n) is 7.53. The Kier molecular flexibility index (Phi) is 6.93. The van der Waals surface area contributed by atoms with E-state index in [0.717, 1.165) is 16.5 Å². The van der Waals surface area contributed by atoms with Crippen LogP contribution >= 0.6 is 11.8 Å². The van der Waals surface area contributed by atoms with Gasteiger partial charge in [0.15, 0.2) is 28.3 Å². The summed E-state index contributed by atoms with van der Waals surface area (Å²) in [5, 5.41) is 11.3. The zero-order chi connectivity index (χ0) is 28.7. The van der Waals surface area contributed by atoms with E-state index in [9.17, 15) is 13.2 Å². The molecule has 42 heavy (non-hydrogen) atoms. The number of rotatable bonds is 8. The Labute approximate surface area is 247 Å². The Morgan fingerprint density at radius 1 is 0.881 bits per heavy atom. The van der Waals surface area contributed by atoms with Gasteiger partial charge >= 0.3 is 0 Å². The number of aromatic nitrogens is 3. The molecule has 1 atom stereocenters. The Balaban J connectivity index is 1.20. The number of sulfonamides is 1. The van der Waals surface area contributed by atoms with Crippen LogP contribution in [0.2, 0.25) is 0 Å². The van der Waals surface area contributed by atoms with Gasteiger partial charge < -0.3 is 9.47 Å². The first-order chi connectivity index (χ1) is 20.5. The highest BCUT2D eigenvalue weighted by Crippen LogP contribution is 2.39. The highest BCUT2D eigenvalue weighted by Gasteiger charge is 2.39. The molecule has 1 aromatic heterocycles. The van der Waals surface area contributed by atoms with Gasteiger partial charge in [0.05, 0.1) is 16.7 Å². The van der Waals surface area contributed by atoms with Gasteiger partial charge in [-0.05, 0) is 66.1 Å². The van der Waals surface area contributed by atoms with Gasteiger partial charge in [-0.3, -0.25) is 9.36 Å². The van der Waals surface area contributed by atoms with E-state index in [1.165, 1.54) is 16.1 Å². The fourth-order valence-electron chi connectivity index (χ4n) is 5.44. The molecule has 1 saturated heterocycles. The quantitative estimate of drug-likeness (QED) is 0.167. The van der Waals surface area contributed by atoms with Crippen molar-refractivity contribution in [1.29, 1.82) is 0 Å². The lowest BCUT2D eigenvalue weighted by Gasteiger charge is -2.24. The highest BCUT2D eigenvalue weighted by molar-refractivity contribution is 7.99. The van der Waals surface area contributed by atoms with Crippen molar-refractivity contribution in [3.63, 3.8) is 0 Å². The molecule has 0 spiro atoms. The van der Waals surface area contributed by atoms with E-state index < -0.39 is 16.1 Å². The number of nitrogens with zero attached hydrogens (tertiary/aromatic N) is 4. The maximum absolute atomic E-state index is 14.0. The SMILES string of the molecule is O=C(CSc1nnc(C2CCCN2S(=O)(=O)c2ccc3ccccc3c2)n1-c1ccccc1)c1ccc2c(c1)OCO2. The van der Waals surface area contributed by atoms with Gasteiger partial charge in [-0.2, -0.15) is 4.31 Å². The van der Waals surface area contributed by atoms with Gasteiger partial charge in [-0.25, -0.2) is 8.42 Å². The van der Waals surface area contributed by atoms with Crippen LogP contribution in [0, 0.1) is 0 Å². The zero-order valence-corrected chi connectivity index (χ0v) is 24.1. The normalized spacial score (nSPS) is 16.7. The van der Waals surface area contributed by atoms with Crippen molar-refractivity contribution in [2.45, 2.75) is 28.9 Å². The van der Waals surface area contributed by atoms with Gasteiger partial charge in [0.25, 0.3) is 0 Å². The van der Waals surface area contributed by atoms with Crippen LogP contribution < -0.4 is 9.47 Å². The van der Waals surface area contributed by atoms with E-state index in [1.807, 2.05) is 65.2 Å². The van der Waals surface area contributed by atoms with Crippen molar-refractivity contribution >= 4 is 38.3 Å². The first-order valence-electron chi connectivity index (χ1n) is 13.6. The van der Waals surface area contributed by atoms with Crippen LogP contribution in [0.25, 0.3) is 16.5 Å². The lowest BCUT2D eigenvalue weighted by Crippen LogP contribution is -2.32. The summed E-state index contributed by atoms with van der Waals surface area (Å²) in [6.45, 7) is 0.520. The van der Waals surface area contributed by atoms with Crippen molar-refractivity contribution in [2.75, 3.05) is 19.1 Å². The molecule has 11 heteroatoms. The van der Waals surface area contributed by atoms with Crippen LogP contribution in [0.1, 0.15) is 35.1 Å². The van der Waals surface area contributed by atoms with Gasteiger partial charge in [-0.1, -0.05) is 60.3 Å². The molecular formula is C31H26N4O5S2. The molecular weight excluding hydrogens is 572 g/mol. The molecule has 0 aliphatic carbocycles. The Morgan fingerprint density at radius 3 is 2.52 bits per heavy atom. The van der Waals surface area contributed by atoms with E-state index in [1.54, 1.807) is 30.3 Å². The number of Topliss-reactive ketones (excluding diaryl/α,β-unsaturated/α-hetero) is 1. The summed E-state index contributed by atoms with van der Waals surface area (Å²) in [4.78, 5) is 13.4. The highest BCUT2D eigenvalue weighted by atomic mass is 32.2. The predicted octanol–water partition coefficient (Wildman–Crippen LogP) is 5.65. The Hall–Kier alpha value is -4.19. The number of ether oxygens (including phenoxy) is 2. The summed E-state index contributed by atoms with van der Waals surface area (Å²) in [6, 6.07) is 27.1. The number of carbonyl (C=O) groups excluding carboxylic acids is 1. The summed E-state index contributed by atoms with van der Waals surface area (Å²) >= 11 is 1.26. The molecule has 5 aromatic rings. The molecule has 2 aliphatic rings. The lowest BCUT2D eigenvalue weighted by molar-refractivity contribution is 0.102. The monoisotopic (exact) mass is 598 g/mol. The summed E-state index contributed by atoms with van der Waals surface area (Å²) < 4.78 is 42.1. The first kappa shape index (κ1) is 26.7. The molecule has 2 aliphatic heterocycles. The van der Waals surface area contributed by atoms with Crippen LogP contribution in [0.3, 0.4) is 0 Å². The number of thioether (sulfide) groups is 1. The van der Waals surface area contributed by atoms with Crippen LogP contribution in [-0.2, 0) is 10.0 Å². The molecule has 4 aromatic carbocycles. The Bertz CT molecular complexity index is 1910. The Morgan fingerprint density at radius 2 is 1.67 bits per heavy atom. The minimum absolute atomic E-state index is 0.0937. The van der Waals surface area contributed by atoms with E-state index >= 15 is 0 Å². The number of hydrogen-bond acceptors (Lipinski definition) is 8. The van der Waals surface area contributed by atoms with Gasteiger partial charge in [-0.15, -0.1) is 10.2 Å². The molecule has 1 unspecified atom stereocenters. The molecule has 212 valence electrons. The third kappa shape index (κ3) is 4.83. The van der Waals surface area contributed by atoms with Crippen molar-refractivity contribution in [2.24, 2.45) is 0 Å². The number of ketones is 1. The maximum atomic E-state index is 14.0. The lowest BCUT2D eigenvalue weighted by atomic mass is 10.1. The van der Waals surface area contributed by atoms with Crippen LogP contribution in [-0.4, -0.2) is 52.4 Å². The molecule has 0 saturated carbocycles. The number of hydrogen-bond donors (Lipinski definition) is 0. The first-order valence-corrected chi connectivity index (χ1v) is 16.0. The third-order valence-corrected chi connectivity index (χ3v) is 10.4. The minimum Gasteiger partial charge on any atom is -0.454 e. The summed E-state index contributed by atoms with van der Waals surface area (Å²) in [5.41, 5.74) is 1.31. The molecule has 0 amide bonds. The van der Waals surface area contributed by atoms with Crippen LogP contribution in [0.5, 0.6) is 11.5 Å². The predicted molar refractivity (Wildman–Crippen MR) is 159 cm³/mol.